The minimum atomic E-state index is -4.29. The Kier molecular flexibility index (Phi) is 10.1. The van der Waals surface area contributed by atoms with Crippen molar-refractivity contribution < 1.29 is 36.6 Å². The van der Waals surface area contributed by atoms with Gasteiger partial charge in [-0.05, 0) is 84.8 Å². The zero-order valence-corrected chi connectivity index (χ0v) is 25.7. The van der Waals surface area contributed by atoms with Crippen LogP contribution in [-0.4, -0.2) is 46.9 Å². The van der Waals surface area contributed by atoms with Gasteiger partial charge in [0.2, 0.25) is 0 Å². The highest BCUT2D eigenvalue weighted by molar-refractivity contribution is 7.92. The van der Waals surface area contributed by atoms with Crippen molar-refractivity contribution in [2.24, 2.45) is 5.10 Å². The van der Waals surface area contributed by atoms with Gasteiger partial charge in [-0.2, -0.15) is 5.10 Å². The van der Waals surface area contributed by atoms with Crippen molar-refractivity contribution in [2.75, 3.05) is 30.7 Å². The van der Waals surface area contributed by atoms with Crippen molar-refractivity contribution >= 4 is 39.4 Å². The number of halogens is 2. The van der Waals surface area contributed by atoms with E-state index in [0.29, 0.717) is 47.7 Å². The number of fused-ring (bicyclic) bond motifs is 1. The predicted octanol–water partition coefficient (Wildman–Crippen LogP) is 5.57. The average Bonchev–Trinajstić information content (AvgIpc) is 3.04. The molecule has 0 atom stereocenters. The molecule has 0 fully saturated rings. The third-order valence-corrected chi connectivity index (χ3v) is 8.50. The van der Waals surface area contributed by atoms with E-state index < -0.39 is 28.3 Å². The van der Waals surface area contributed by atoms with Crippen molar-refractivity contribution in [1.29, 1.82) is 0 Å². The van der Waals surface area contributed by atoms with Gasteiger partial charge < -0.3 is 18.9 Å². The van der Waals surface area contributed by atoms with Crippen molar-refractivity contribution in [3.63, 3.8) is 0 Å². The van der Waals surface area contributed by atoms with E-state index >= 15 is 0 Å². The molecule has 1 aliphatic heterocycles. The van der Waals surface area contributed by atoms with Gasteiger partial charge in [-0.25, -0.2) is 18.2 Å². The van der Waals surface area contributed by atoms with Crippen LogP contribution in [-0.2, 0) is 21.4 Å². The van der Waals surface area contributed by atoms with Gasteiger partial charge in [0, 0.05) is 11.1 Å². The van der Waals surface area contributed by atoms with Crippen molar-refractivity contribution in [2.45, 2.75) is 18.4 Å². The number of carbonyl (C=O) groups is 1. The first-order chi connectivity index (χ1) is 21.7. The molecule has 234 valence electrons. The number of nitrogens with one attached hydrogen (secondary N) is 1. The number of hydrogen-bond donors (Lipinski definition) is 1. The maximum Gasteiger partial charge on any atom is 0.264 e. The summed E-state index contributed by atoms with van der Waals surface area (Å²) < 4.78 is 64.6. The molecule has 5 rings (SSSR count). The summed E-state index contributed by atoms with van der Waals surface area (Å²) in [6, 6.07) is 21.4. The summed E-state index contributed by atoms with van der Waals surface area (Å²) in [5, 5.41) is 4.63. The molecule has 0 unspecified atom stereocenters. The lowest BCUT2D eigenvalue weighted by molar-refractivity contribution is -0.119. The molecule has 13 heteroatoms. The fourth-order valence-corrected chi connectivity index (χ4v) is 5.88. The van der Waals surface area contributed by atoms with Crippen LogP contribution < -0.4 is 28.7 Å². The van der Waals surface area contributed by atoms with Gasteiger partial charge in [0.15, 0.2) is 23.0 Å². The smallest absolute Gasteiger partial charge is 0.264 e. The second kappa shape index (κ2) is 14.3. The Bertz CT molecular complexity index is 1790. The molecule has 0 spiro atoms. The number of hydrazone groups is 1. The van der Waals surface area contributed by atoms with E-state index in [2.05, 4.69) is 10.5 Å². The monoisotopic (exact) mass is 653 g/mol. The Balaban J connectivity index is 1.29. The summed E-state index contributed by atoms with van der Waals surface area (Å²) in [5.74, 6) is 0.390. The van der Waals surface area contributed by atoms with Gasteiger partial charge in [0.1, 0.15) is 32.2 Å². The van der Waals surface area contributed by atoms with Gasteiger partial charge in [-0.3, -0.25) is 9.10 Å². The molecule has 10 nitrogen and oxygen atoms in total. The van der Waals surface area contributed by atoms with Crippen LogP contribution in [0.5, 0.6) is 23.0 Å². The zero-order valence-electron chi connectivity index (χ0n) is 24.1. The molecule has 0 aliphatic carbocycles. The fourth-order valence-electron chi connectivity index (χ4n) is 4.31. The van der Waals surface area contributed by atoms with Gasteiger partial charge in [0.25, 0.3) is 15.9 Å². The molecule has 0 radical (unpaired) electrons. The molecule has 1 amide bonds. The SMILES string of the molecule is CCOc1cc(/C=N\NC(=O)CN(c2ccc(F)cc2)S(=O)(=O)c2ccc3c(c2)OCCO3)ccc1OCc1ccc(Cl)cc1. The fraction of sp³-hybridized carbons (Fsp3) is 0.188. The first kappa shape index (κ1) is 31.6. The Morgan fingerprint density at radius 2 is 1.69 bits per heavy atom. The largest absolute Gasteiger partial charge is 0.490 e. The van der Waals surface area contributed by atoms with E-state index in [-0.39, 0.29) is 22.9 Å². The second-order valence-electron chi connectivity index (χ2n) is 9.64. The minimum absolute atomic E-state index is 0.0842. The number of benzene rings is 4. The second-order valence-corrected chi connectivity index (χ2v) is 11.9. The third kappa shape index (κ3) is 8.02. The number of anilines is 1. The van der Waals surface area contributed by atoms with Crippen LogP contribution in [0.25, 0.3) is 0 Å². The quantitative estimate of drug-likeness (QED) is 0.157. The summed E-state index contributed by atoms with van der Waals surface area (Å²) in [7, 11) is -4.29. The van der Waals surface area contributed by atoms with E-state index in [9.17, 15) is 17.6 Å². The predicted molar refractivity (Wildman–Crippen MR) is 167 cm³/mol. The molecule has 45 heavy (non-hydrogen) atoms. The van der Waals surface area contributed by atoms with Crippen molar-refractivity contribution in [3.05, 3.63) is 107 Å². The van der Waals surface area contributed by atoms with Gasteiger partial charge in [-0.1, -0.05) is 23.7 Å². The lowest BCUT2D eigenvalue weighted by Crippen LogP contribution is -2.39. The van der Waals surface area contributed by atoms with Crippen LogP contribution in [0, 0.1) is 5.82 Å². The Labute approximate surface area is 265 Å². The number of carbonyl (C=O) groups excluding carboxylic acids is 1. The Morgan fingerprint density at radius 3 is 2.42 bits per heavy atom. The van der Waals surface area contributed by atoms with Gasteiger partial charge in [-0.15, -0.1) is 0 Å². The van der Waals surface area contributed by atoms with Crippen molar-refractivity contribution in [1.82, 2.24) is 5.43 Å². The number of amides is 1. The average molecular weight is 654 g/mol. The number of hydrogen-bond acceptors (Lipinski definition) is 8. The molecule has 1 aliphatic rings. The van der Waals surface area contributed by atoms with E-state index in [1.165, 1.54) is 36.5 Å². The number of ether oxygens (including phenoxy) is 4. The first-order valence-corrected chi connectivity index (χ1v) is 15.7. The highest BCUT2D eigenvalue weighted by Crippen LogP contribution is 2.34. The molecular weight excluding hydrogens is 625 g/mol. The Hall–Kier alpha value is -4.81. The topological polar surface area (TPSA) is 116 Å². The van der Waals surface area contributed by atoms with Crippen LogP contribution in [0.3, 0.4) is 0 Å². The summed E-state index contributed by atoms with van der Waals surface area (Å²) in [5.41, 5.74) is 3.97. The standard InChI is InChI=1S/C32H29ClFN3O7S/c1-2-41-30-17-23(5-13-29(30)44-21-22-3-6-24(33)7-4-22)19-35-36-32(38)20-37(26-10-8-25(34)9-11-26)45(39,40)27-12-14-28-31(18-27)43-16-15-42-28/h3-14,17-19H,2,15-16,20-21H2,1H3,(H,36,38)/b35-19-. The summed E-state index contributed by atoms with van der Waals surface area (Å²) in [6.45, 7) is 2.52. The highest BCUT2D eigenvalue weighted by Gasteiger charge is 2.29. The van der Waals surface area contributed by atoms with Crippen LogP contribution in [0.1, 0.15) is 18.1 Å². The molecule has 1 heterocycles. The third-order valence-electron chi connectivity index (χ3n) is 6.48. The molecule has 0 saturated carbocycles. The number of sulfonamides is 1. The van der Waals surface area contributed by atoms with E-state index in [4.69, 9.17) is 30.5 Å². The normalized spacial score (nSPS) is 12.5. The molecule has 1 N–H and O–H groups in total. The van der Waals surface area contributed by atoms with Crippen LogP contribution in [0.15, 0.2) is 94.9 Å². The van der Waals surface area contributed by atoms with Crippen LogP contribution >= 0.6 is 11.6 Å². The summed E-state index contributed by atoms with van der Waals surface area (Å²) in [6.07, 6.45) is 1.39. The molecule has 0 saturated heterocycles. The summed E-state index contributed by atoms with van der Waals surface area (Å²) >= 11 is 5.95. The highest BCUT2D eigenvalue weighted by atomic mass is 35.5. The Morgan fingerprint density at radius 1 is 0.956 bits per heavy atom. The van der Waals surface area contributed by atoms with Gasteiger partial charge in [0.05, 0.1) is 23.4 Å². The zero-order chi connectivity index (χ0) is 31.8. The van der Waals surface area contributed by atoms with Crippen LogP contribution in [0.4, 0.5) is 10.1 Å². The molecule has 4 aromatic rings. The van der Waals surface area contributed by atoms with E-state index in [1.807, 2.05) is 19.1 Å². The maximum atomic E-state index is 13.7. The molecule has 0 bridgehead atoms. The molecule has 4 aromatic carbocycles. The first-order valence-electron chi connectivity index (χ1n) is 13.9. The minimum Gasteiger partial charge on any atom is -0.490 e. The van der Waals surface area contributed by atoms with E-state index in [0.717, 1.165) is 22.0 Å². The number of nitrogens with zero attached hydrogens (tertiary/aromatic N) is 2. The maximum absolute atomic E-state index is 13.7. The summed E-state index contributed by atoms with van der Waals surface area (Å²) in [4.78, 5) is 12.8. The van der Waals surface area contributed by atoms with Crippen molar-refractivity contribution in [3.8, 4) is 23.0 Å². The van der Waals surface area contributed by atoms with Crippen LogP contribution in [0.2, 0.25) is 5.02 Å². The van der Waals surface area contributed by atoms with Gasteiger partial charge >= 0.3 is 0 Å². The molecule has 0 aromatic heterocycles. The molecular formula is C32H29ClFN3O7S. The number of rotatable bonds is 12. The lowest BCUT2D eigenvalue weighted by Gasteiger charge is -2.25. The lowest BCUT2D eigenvalue weighted by atomic mass is 10.2. The van der Waals surface area contributed by atoms with E-state index in [1.54, 1.807) is 30.3 Å².